The highest BCUT2D eigenvalue weighted by molar-refractivity contribution is 7.94. The van der Waals surface area contributed by atoms with Gasteiger partial charge in [-0.25, -0.2) is 5.26 Å². The van der Waals surface area contributed by atoms with E-state index in [0.717, 1.165) is 51.5 Å². The summed E-state index contributed by atoms with van der Waals surface area (Å²) < 4.78 is 28.8. The predicted octanol–water partition coefficient (Wildman–Crippen LogP) is 10.8. The van der Waals surface area contributed by atoms with E-state index in [-0.39, 0.29) is 0 Å². The summed E-state index contributed by atoms with van der Waals surface area (Å²) in [4.78, 5) is 0.680. The lowest BCUT2D eigenvalue weighted by Crippen LogP contribution is -2.04. The SMILES string of the molecule is CCOc1cc(SOOO)cc2ccc(Oc3cccc(CCOc4ccc(-c5ccc(Oc6cccc(CC)c6C#N)cc5)cc4)c3C#N)cc12. The van der Waals surface area contributed by atoms with Gasteiger partial charge in [-0.2, -0.15) is 10.5 Å². The van der Waals surface area contributed by atoms with Crippen molar-refractivity contribution in [3.63, 3.8) is 0 Å². The van der Waals surface area contributed by atoms with Crippen LogP contribution in [0.1, 0.15) is 36.1 Å². The molecule has 0 saturated carbocycles. The van der Waals surface area contributed by atoms with E-state index in [1.165, 1.54) is 0 Å². The minimum atomic E-state index is 0.368. The summed E-state index contributed by atoms with van der Waals surface area (Å²) in [6.07, 6.45) is 1.26. The molecule has 0 atom stereocenters. The Morgan fingerprint density at radius 3 is 1.88 bits per heavy atom. The summed E-state index contributed by atoms with van der Waals surface area (Å²) in [5, 5.41) is 33.7. The van der Waals surface area contributed by atoms with E-state index in [1.807, 2.05) is 117 Å². The molecule has 0 bridgehead atoms. The van der Waals surface area contributed by atoms with Gasteiger partial charge in [0, 0.05) is 16.7 Å². The molecular formula is C42H34N2O7S. The Morgan fingerprint density at radius 2 is 1.25 bits per heavy atom. The Morgan fingerprint density at radius 1 is 0.635 bits per heavy atom. The van der Waals surface area contributed by atoms with E-state index in [1.54, 1.807) is 12.1 Å². The molecule has 0 spiro atoms. The van der Waals surface area contributed by atoms with Crippen LogP contribution in [0.5, 0.6) is 34.5 Å². The number of hydrogen-bond acceptors (Lipinski definition) is 10. The number of hydrogen-bond donors (Lipinski definition) is 1. The van der Waals surface area contributed by atoms with Crippen LogP contribution in [0.3, 0.4) is 0 Å². The van der Waals surface area contributed by atoms with E-state index >= 15 is 0 Å². The molecule has 52 heavy (non-hydrogen) atoms. The van der Waals surface area contributed by atoms with Gasteiger partial charge < -0.3 is 18.9 Å². The van der Waals surface area contributed by atoms with Crippen LogP contribution in [0.2, 0.25) is 0 Å². The largest absolute Gasteiger partial charge is 0.493 e. The smallest absolute Gasteiger partial charge is 0.145 e. The highest BCUT2D eigenvalue weighted by atomic mass is 32.2. The van der Waals surface area contributed by atoms with E-state index in [4.69, 9.17) is 24.2 Å². The molecule has 9 nitrogen and oxygen atoms in total. The Bertz CT molecular complexity index is 2240. The average molecular weight is 711 g/mol. The maximum atomic E-state index is 10.1. The van der Waals surface area contributed by atoms with Crippen LogP contribution in [0.15, 0.2) is 120 Å². The van der Waals surface area contributed by atoms with E-state index in [0.29, 0.717) is 70.2 Å². The molecule has 0 unspecified atom stereocenters. The lowest BCUT2D eigenvalue weighted by Gasteiger charge is -2.14. The van der Waals surface area contributed by atoms with Gasteiger partial charge in [-0.3, -0.25) is 0 Å². The number of aryl methyl sites for hydroxylation is 1. The number of rotatable bonds is 15. The first-order valence-electron chi connectivity index (χ1n) is 16.6. The highest BCUT2D eigenvalue weighted by Gasteiger charge is 2.14. The number of fused-ring (bicyclic) bond motifs is 1. The van der Waals surface area contributed by atoms with Gasteiger partial charge in [0.1, 0.15) is 46.6 Å². The van der Waals surface area contributed by atoms with Gasteiger partial charge in [0.25, 0.3) is 0 Å². The molecular weight excluding hydrogens is 677 g/mol. The highest BCUT2D eigenvalue weighted by Crippen LogP contribution is 2.37. The van der Waals surface area contributed by atoms with Crippen molar-refractivity contribution >= 4 is 22.8 Å². The zero-order chi connectivity index (χ0) is 36.3. The van der Waals surface area contributed by atoms with Gasteiger partial charge in [0.2, 0.25) is 0 Å². The van der Waals surface area contributed by atoms with Crippen molar-refractivity contribution in [1.29, 1.82) is 10.5 Å². The molecule has 0 saturated heterocycles. The molecule has 6 aromatic rings. The lowest BCUT2D eigenvalue weighted by atomic mass is 10.0. The molecule has 0 aliphatic carbocycles. The van der Waals surface area contributed by atoms with Crippen molar-refractivity contribution in [2.45, 2.75) is 31.6 Å². The number of ether oxygens (including phenoxy) is 4. The molecule has 1 N–H and O–H groups in total. The molecule has 6 rings (SSSR count). The van der Waals surface area contributed by atoms with Crippen LogP contribution in [-0.4, -0.2) is 18.5 Å². The standard InChI is InChI=1S/C42H34N2O7S/c1-3-28-7-5-9-40(38(28)26-43)48-34-18-13-30(14-19-34)29-11-16-33(17-12-29)47-22-21-31-8-6-10-41(39(31)27-44)49-35-20-15-32-23-36(52-51-50-45)25-42(46-4-2)37(32)24-35/h5-20,23-25,45H,3-4,21-22H2,1-2H3. The summed E-state index contributed by atoms with van der Waals surface area (Å²) in [5.41, 5.74) is 4.81. The monoisotopic (exact) mass is 710 g/mol. The second-order valence-electron chi connectivity index (χ2n) is 11.5. The van der Waals surface area contributed by atoms with Gasteiger partial charge in [-0.05, 0) is 102 Å². The zero-order valence-corrected chi connectivity index (χ0v) is 29.3. The molecule has 0 amide bonds. The summed E-state index contributed by atoms with van der Waals surface area (Å²) in [6, 6.07) is 40.6. The minimum Gasteiger partial charge on any atom is -0.493 e. The van der Waals surface area contributed by atoms with Crippen LogP contribution in [0.25, 0.3) is 21.9 Å². The fraction of sp³-hybridized carbons (Fsp3) is 0.143. The maximum Gasteiger partial charge on any atom is 0.145 e. The van der Waals surface area contributed by atoms with Crippen molar-refractivity contribution in [3.8, 4) is 57.8 Å². The van der Waals surface area contributed by atoms with Crippen molar-refractivity contribution in [2.75, 3.05) is 13.2 Å². The molecule has 0 aromatic heterocycles. The fourth-order valence-electron chi connectivity index (χ4n) is 5.79. The van der Waals surface area contributed by atoms with Gasteiger partial charge in [-0.15, -0.1) is 4.33 Å². The first-order chi connectivity index (χ1) is 25.5. The van der Waals surface area contributed by atoms with Crippen LogP contribution >= 0.6 is 12.0 Å². The van der Waals surface area contributed by atoms with Crippen molar-refractivity contribution < 1.29 is 33.6 Å². The molecule has 0 radical (unpaired) electrons. The Kier molecular flexibility index (Phi) is 11.9. The third-order valence-corrected chi connectivity index (χ3v) is 8.85. The van der Waals surface area contributed by atoms with Crippen LogP contribution in [-0.2, 0) is 22.2 Å². The fourth-order valence-corrected chi connectivity index (χ4v) is 6.23. The Hall–Kier alpha value is -6.01. The van der Waals surface area contributed by atoms with Crippen molar-refractivity contribution in [2.24, 2.45) is 0 Å². The molecule has 0 aliphatic heterocycles. The lowest BCUT2D eigenvalue weighted by molar-refractivity contribution is -0.432. The van der Waals surface area contributed by atoms with Gasteiger partial charge in [-0.1, -0.05) is 66.6 Å². The van der Waals surface area contributed by atoms with Gasteiger partial charge in [0.15, 0.2) is 0 Å². The molecule has 0 fully saturated rings. The molecule has 6 aromatic carbocycles. The quantitative estimate of drug-likeness (QED) is 0.0625. The third-order valence-electron chi connectivity index (χ3n) is 8.29. The summed E-state index contributed by atoms with van der Waals surface area (Å²) in [6.45, 7) is 4.72. The molecule has 0 aliphatic rings. The first kappa shape index (κ1) is 35.8. The topological polar surface area (TPSA) is 123 Å². The van der Waals surface area contributed by atoms with E-state index in [9.17, 15) is 10.5 Å². The molecule has 0 heterocycles. The first-order valence-corrected chi connectivity index (χ1v) is 17.4. The normalized spacial score (nSPS) is 10.7. The number of benzene rings is 6. The van der Waals surface area contributed by atoms with Crippen molar-refractivity contribution in [1.82, 2.24) is 0 Å². The second kappa shape index (κ2) is 17.3. The number of nitriles is 2. The van der Waals surface area contributed by atoms with Crippen LogP contribution in [0.4, 0.5) is 0 Å². The van der Waals surface area contributed by atoms with Crippen molar-refractivity contribution in [3.05, 3.63) is 138 Å². The zero-order valence-electron chi connectivity index (χ0n) is 28.5. The third kappa shape index (κ3) is 8.47. The Balaban J connectivity index is 1.08. The van der Waals surface area contributed by atoms with Crippen LogP contribution in [0, 0.1) is 22.7 Å². The summed E-state index contributed by atoms with van der Waals surface area (Å²) in [5.74, 6) is 3.53. The maximum absolute atomic E-state index is 10.1. The van der Waals surface area contributed by atoms with Crippen LogP contribution < -0.4 is 18.9 Å². The van der Waals surface area contributed by atoms with Gasteiger partial charge in [0.05, 0.1) is 36.4 Å². The summed E-state index contributed by atoms with van der Waals surface area (Å²) in [7, 11) is 0. The van der Waals surface area contributed by atoms with E-state index in [2.05, 4.69) is 21.5 Å². The Labute approximate surface area is 306 Å². The predicted molar refractivity (Wildman–Crippen MR) is 199 cm³/mol. The molecule has 10 heteroatoms. The minimum absolute atomic E-state index is 0.368. The summed E-state index contributed by atoms with van der Waals surface area (Å²) >= 11 is 0.855. The number of nitrogens with zero attached hydrogens (tertiary/aromatic N) is 2. The second-order valence-corrected chi connectivity index (χ2v) is 12.2. The average Bonchev–Trinajstić information content (AvgIpc) is 3.18. The van der Waals surface area contributed by atoms with Gasteiger partial charge >= 0.3 is 0 Å². The van der Waals surface area contributed by atoms with E-state index < -0.39 is 0 Å². The molecule has 260 valence electrons.